The lowest BCUT2D eigenvalue weighted by Gasteiger charge is -1.97. The van der Waals surface area contributed by atoms with Gasteiger partial charge in [0.15, 0.2) is 17.7 Å². The van der Waals surface area contributed by atoms with Gasteiger partial charge in [-0.05, 0) is 19.1 Å². The molecule has 0 bridgehead atoms. The minimum Gasteiger partial charge on any atom is -0.504 e. The van der Waals surface area contributed by atoms with Crippen LogP contribution in [0.1, 0.15) is 16.2 Å². The van der Waals surface area contributed by atoms with E-state index >= 15 is 0 Å². The number of pyridine rings is 1. The molecule has 0 aliphatic rings. The maximum atomic E-state index is 11.3. The zero-order valence-electron chi connectivity index (χ0n) is 7.97. The molecule has 0 fully saturated rings. The van der Waals surface area contributed by atoms with Crippen molar-refractivity contribution in [3.05, 3.63) is 29.7 Å². The van der Waals surface area contributed by atoms with Crippen LogP contribution in [0.4, 0.5) is 0 Å². The fourth-order valence-electron chi connectivity index (χ4n) is 1.52. The molecule has 2 heterocycles. The van der Waals surface area contributed by atoms with Crippen LogP contribution in [-0.4, -0.2) is 26.6 Å². The molecule has 0 spiro atoms. The average molecular weight is 204 g/mol. The molecule has 2 aromatic heterocycles. The number of rotatable bonds is 2. The molecule has 2 aromatic rings. The third-order valence-electron chi connectivity index (χ3n) is 2.14. The quantitative estimate of drug-likeness (QED) is 0.444. The number of hydrogen-bond donors (Lipinski definition) is 1. The number of imidazole rings is 1. The lowest BCUT2D eigenvalue weighted by molar-refractivity contribution is -0.104. The largest absolute Gasteiger partial charge is 0.504 e. The van der Waals surface area contributed by atoms with E-state index in [1.165, 1.54) is 10.5 Å². The van der Waals surface area contributed by atoms with E-state index in [1.807, 2.05) is 0 Å². The standard InChI is InChI=1S/C10H8N2O3/c1-6-9(8(15)5-13)12-4-2-3-7(14)10(12)11-6/h2-5,14H,1H3. The van der Waals surface area contributed by atoms with Crippen molar-refractivity contribution >= 4 is 17.7 Å². The number of ketones is 1. The number of carbonyl (C=O) groups excluding carboxylic acids is 2. The summed E-state index contributed by atoms with van der Waals surface area (Å²) < 4.78 is 1.40. The summed E-state index contributed by atoms with van der Waals surface area (Å²) in [5.74, 6) is -0.670. The van der Waals surface area contributed by atoms with E-state index in [-0.39, 0.29) is 23.4 Å². The van der Waals surface area contributed by atoms with Crippen LogP contribution in [0.5, 0.6) is 5.75 Å². The fraction of sp³-hybridized carbons (Fsp3) is 0.100. The zero-order valence-corrected chi connectivity index (χ0v) is 7.97. The minimum atomic E-state index is -0.648. The predicted molar refractivity (Wildman–Crippen MR) is 52.0 cm³/mol. The van der Waals surface area contributed by atoms with E-state index in [1.54, 1.807) is 19.2 Å². The van der Waals surface area contributed by atoms with Crippen molar-refractivity contribution in [2.75, 3.05) is 0 Å². The van der Waals surface area contributed by atoms with Crippen LogP contribution in [0.3, 0.4) is 0 Å². The highest BCUT2D eigenvalue weighted by molar-refractivity contribution is 6.33. The van der Waals surface area contributed by atoms with Crippen molar-refractivity contribution in [3.8, 4) is 5.75 Å². The van der Waals surface area contributed by atoms with Gasteiger partial charge in [0.05, 0.1) is 5.69 Å². The van der Waals surface area contributed by atoms with Gasteiger partial charge in [0.1, 0.15) is 5.69 Å². The highest BCUT2D eigenvalue weighted by atomic mass is 16.3. The minimum absolute atomic E-state index is 0.0226. The average Bonchev–Trinajstić information content (AvgIpc) is 2.55. The van der Waals surface area contributed by atoms with Gasteiger partial charge in [-0.1, -0.05) is 0 Å². The third kappa shape index (κ3) is 1.28. The van der Waals surface area contributed by atoms with Gasteiger partial charge in [0.2, 0.25) is 5.78 Å². The summed E-state index contributed by atoms with van der Waals surface area (Å²) in [5.41, 5.74) is 0.893. The highest BCUT2D eigenvalue weighted by Crippen LogP contribution is 2.20. The van der Waals surface area contributed by atoms with Crippen molar-refractivity contribution in [1.82, 2.24) is 9.38 Å². The number of aldehydes is 1. The van der Waals surface area contributed by atoms with Crippen LogP contribution in [0.2, 0.25) is 0 Å². The van der Waals surface area contributed by atoms with E-state index < -0.39 is 5.78 Å². The third-order valence-corrected chi connectivity index (χ3v) is 2.14. The fourth-order valence-corrected chi connectivity index (χ4v) is 1.52. The Hall–Kier alpha value is -2.17. The Balaban J connectivity index is 2.85. The van der Waals surface area contributed by atoms with Crippen LogP contribution >= 0.6 is 0 Å². The molecule has 5 nitrogen and oxygen atoms in total. The van der Waals surface area contributed by atoms with Crippen molar-refractivity contribution < 1.29 is 14.7 Å². The summed E-state index contributed by atoms with van der Waals surface area (Å²) in [7, 11) is 0. The van der Waals surface area contributed by atoms with Crippen LogP contribution < -0.4 is 0 Å². The van der Waals surface area contributed by atoms with E-state index in [2.05, 4.69) is 4.98 Å². The number of Topliss-reactive ketones (excluding diaryl/α,β-unsaturated/α-hetero) is 1. The van der Waals surface area contributed by atoms with Gasteiger partial charge in [-0.15, -0.1) is 0 Å². The topological polar surface area (TPSA) is 71.7 Å². The first-order chi connectivity index (χ1) is 7.15. The number of fused-ring (bicyclic) bond motifs is 1. The summed E-state index contributed by atoms with van der Waals surface area (Å²) in [6, 6.07) is 3.04. The number of aryl methyl sites for hydroxylation is 1. The normalized spacial score (nSPS) is 10.5. The number of carbonyl (C=O) groups is 2. The molecule has 2 rings (SSSR count). The van der Waals surface area contributed by atoms with Gasteiger partial charge in [0, 0.05) is 6.20 Å². The van der Waals surface area contributed by atoms with Crippen molar-refractivity contribution in [3.63, 3.8) is 0 Å². The van der Waals surface area contributed by atoms with E-state index in [9.17, 15) is 14.7 Å². The SMILES string of the molecule is Cc1nc2c(O)cccn2c1C(=O)C=O. The molecule has 0 aromatic carbocycles. The molecule has 0 aliphatic heterocycles. The molecule has 0 saturated carbocycles. The van der Waals surface area contributed by atoms with E-state index in [0.717, 1.165) is 0 Å². The summed E-state index contributed by atoms with van der Waals surface area (Å²) in [6.07, 6.45) is 1.81. The smallest absolute Gasteiger partial charge is 0.243 e. The Morgan fingerprint density at radius 1 is 1.60 bits per heavy atom. The zero-order chi connectivity index (χ0) is 11.0. The molecule has 0 unspecified atom stereocenters. The molecular formula is C10H8N2O3. The molecule has 0 amide bonds. The van der Waals surface area contributed by atoms with Gasteiger partial charge < -0.3 is 5.11 Å². The highest BCUT2D eigenvalue weighted by Gasteiger charge is 2.16. The van der Waals surface area contributed by atoms with Crippen LogP contribution in [-0.2, 0) is 4.79 Å². The Bertz CT molecular complexity index is 557. The predicted octanol–water partition coefficient (Wildman–Crippen LogP) is 0.730. The molecule has 15 heavy (non-hydrogen) atoms. The molecule has 5 heteroatoms. The summed E-state index contributed by atoms with van der Waals surface area (Å²) in [6.45, 7) is 1.61. The van der Waals surface area contributed by atoms with Gasteiger partial charge >= 0.3 is 0 Å². The molecule has 76 valence electrons. The molecule has 1 N–H and O–H groups in total. The lowest BCUT2D eigenvalue weighted by Crippen LogP contribution is -2.05. The van der Waals surface area contributed by atoms with E-state index in [4.69, 9.17) is 0 Å². The van der Waals surface area contributed by atoms with E-state index in [0.29, 0.717) is 5.69 Å². The second kappa shape index (κ2) is 3.20. The molecule has 0 saturated heterocycles. The first kappa shape index (κ1) is 9.39. The molecule has 0 radical (unpaired) electrons. The second-order valence-electron chi connectivity index (χ2n) is 3.11. The lowest BCUT2D eigenvalue weighted by atomic mass is 10.2. The van der Waals surface area contributed by atoms with Gasteiger partial charge in [0.25, 0.3) is 0 Å². The molecule has 0 aliphatic carbocycles. The van der Waals surface area contributed by atoms with Gasteiger partial charge in [-0.3, -0.25) is 14.0 Å². The number of hydrogen-bond acceptors (Lipinski definition) is 4. The summed E-state index contributed by atoms with van der Waals surface area (Å²) in [4.78, 5) is 25.8. The molecular weight excluding hydrogens is 196 g/mol. The maximum Gasteiger partial charge on any atom is 0.243 e. The monoisotopic (exact) mass is 204 g/mol. The molecule has 0 atom stereocenters. The van der Waals surface area contributed by atoms with Crippen LogP contribution in [0.25, 0.3) is 5.65 Å². The first-order valence-electron chi connectivity index (χ1n) is 4.31. The number of aromatic hydroxyl groups is 1. The second-order valence-corrected chi connectivity index (χ2v) is 3.11. The van der Waals surface area contributed by atoms with Gasteiger partial charge in [-0.25, -0.2) is 4.98 Å². The maximum absolute atomic E-state index is 11.3. The Morgan fingerprint density at radius 2 is 2.33 bits per heavy atom. The Morgan fingerprint density at radius 3 is 3.00 bits per heavy atom. The summed E-state index contributed by atoms with van der Waals surface area (Å²) >= 11 is 0. The Labute approximate surface area is 85.0 Å². The van der Waals surface area contributed by atoms with Crippen molar-refractivity contribution in [2.24, 2.45) is 0 Å². The van der Waals surface area contributed by atoms with Gasteiger partial charge in [-0.2, -0.15) is 0 Å². The Kier molecular flexibility index (Phi) is 2.00. The number of aromatic nitrogens is 2. The number of nitrogens with zero attached hydrogens (tertiary/aromatic N) is 2. The van der Waals surface area contributed by atoms with Crippen molar-refractivity contribution in [1.29, 1.82) is 0 Å². The summed E-state index contributed by atoms with van der Waals surface area (Å²) in [5, 5.41) is 9.48. The van der Waals surface area contributed by atoms with Crippen LogP contribution in [0, 0.1) is 6.92 Å². The van der Waals surface area contributed by atoms with Crippen molar-refractivity contribution in [2.45, 2.75) is 6.92 Å². The van der Waals surface area contributed by atoms with Crippen LogP contribution in [0.15, 0.2) is 18.3 Å². The first-order valence-corrected chi connectivity index (χ1v) is 4.31.